The van der Waals surface area contributed by atoms with Crippen LogP contribution in [0.4, 0.5) is 0 Å². The molecule has 1 aromatic carbocycles. The first-order valence-corrected chi connectivity index (χ1v) is 9.14. The Bertz CT molecular complexity index is 726. The zero-order chi connectivity index (χ0) is 17.6. The number of pyridine rings is 1. The Kier molecular flexibility index (Phi) is 5.81. The van der Waals surface area contributed by atoms with E-state index in [2.05, 4.69) is 26.2 Å². The number of hydrogen-bond acceptors (Lipinski definition) is 3. The summed E-state index contributed by atoms with van der Waals surface area (Å²) < 4.78 is 0.952. The van der Waals surface area contributed by atoms with Crippen LogP contribution in [0.15, 0.2) is 53.3 Å². The van der Waals surface area contributed by atoms with Crippen LogP contribution < -0.4 is 5.32 Å². The number of aromatic nitrogens is 1. The molecule has 0 atom stereocenters. The van der Waals surface area contributed by atoms with Crippen molar-refractivity contribution in [2.45, 2.75) is 19.4 Å². The van der Waals surface area contributed by atoms with E-state index in [-0.39, 0.29) is 17.7 Å². The van der Waals surface area contributed by atoms with E-state index >= 15 is 0 Å². The van der Waals surface area contributed by atoms with E-state index in [4.69, 9.17) is 0 Å². The van der Waals surface area contributed by atoms with Gasteiger partial charge in [-0.2, -0.15) is 0 Å². The highest BCUT2D eigenvalue weighted by Crippen LogP contribution is 2.20. The summed E-state index contributed by atoms with van der Waals surface area (Å²) in [7, 11) is 0. The van der Waals surface area contributed by atoms with Crippen LogP contribution in [0.2, 0.25) is 0 Å². The molecule has 1 saturated heterocycles. The first-order valence-electron chi connectivity index (χ1n) is 8.35. The molecular formula is C19H20BrN3O2. The van der Waals surface area contributed by atoms with Crippen molar-refractivity contribution in [3.05, 3.63) is 64.4 Å². The number of halogens is 1. The van der Waals surface area contributed by atoms with Crippen LogP contribution in [-0.4, -0.2) is 34.8 Å². The normalized spacial score (nSPS) is 15.0. The molecule has 1 aromatic heterocycles. The molecule has 3 rings (SSSR count). The van der Waals surface area contributed by atoms with Gasteiger partial charge in [-0.15, -0.1) is 0 Å². The van der Waals surface area contributed by atoms with Gasteiger partial charge in [-0.25, -0.2) is 0 Å². The van der Waals surface area contributed by atoms with Gasteiger partial charge in [0.15, 0.2) is 0 Å². The molecule has 0 saturated carbocycles. The minimum Gasteiger partial charge on any atom is -0.352 e. The maximum absolute atomic E-state index is 12.5. The first-order chi connectivity index (χ1) is 12.1. The van der Waals surface area contributed by atoms with E-state index in [0.29, 0.717) is 38.0 Å². The molecule has 130 valence electrons. The Morgan fingerprint density at radius 1 is 1.08 bits per heavy atom. The average molecular weight is 402 g/mol. The highest BCUT2D eigenvalue weighted by Gasteiger charge is 2.27. The number of hydrogen-bond donors (Lipinski definition) is 1. The van der Waals surface area contributed by atoms with E-state index < -0.39 is 0 Å². The SMILES string of the molecule is O=C(NCc1ccncc1)C1CCN(C(=O)c2ccc(Br)cc2)CC1. The number of carbonyl (C=O) groups excluding carboxylic acids is 2. The largest absolute Gasteiger partial charge is 0.352 e. The number of nitrogens with one attached hydrogen (secondary N) is 1. The molecule has 0 aliphatic carbocycles. The Hall–Kier alpha value is -2.21. The number of amides is 2. The number of likely N-dealkylation sites (tertiary alicyclic amines) is 1. The molecule has 2 aromatic rings. The van der Waals surface area contributed by atoms with Gasteiger partial charge in [0.05, 0.1) is 0 Å². The predicted molar refractivity (Wildman–Crippen MR) is 98.9 cm³/mol. The van der Waals surface area contributed by atoms with Crippen molar-refractivity contribution in [2.24, 2.45) is 5.92 Å². The van der Waals surface area contributed by atoms with E-state index in [9.17, 15) is 9.59 Å². The molecular weight excluding hydrogens is 382 g/mol. The van der Waals surface area contributed by atoms with Crippen LogP contribution in [0.1, 0.15) is 28.8 Å². The van der Waals surface area contributed by atoms with Gasteiger partial charge in [0.2, 0.25) is 5.91 Å². The van der Waals surface area contributed by atoms with Crippen LogP contribution in [-0.2, 0) is 11.3 Å². The molecule has 0 bridgehead atoms. The Balaban J connectivity index is 1.48. The second kappa shape index (κ2) is 8.25. The number of benzene rings is 1. The zero-order valence-corrected chi connectivity index (χ0v) is 15.4. The monoisotopic (exact) mass is 401 g/mol. The third kappa shape index (κ3) is 4.66. The second-order valence-electron chi connectivity index (χ2n) is 6.15. The van der Waals surface area contributed by atoms with Crippen molar-refractivity contribution in [3.8, 4) is 0 Å². The fourth-order valence-corrected chi connectivity index (χ4v) is 3.22. The highest BCUT2D eigenvalue weighted by molar-refractivity contribution is 9.10. The topological polar surface area (TPSA) is 62.3 Å². The lowest BCUT2D eigenvalue weighted by Crippen LogP contribution is -2.42. The van der Waals surface area contributed by atoms with Gasteiger partial charge in [0.1, 0.15) is 0 Å². The smallest absolute Gasteiger partial charge is 0.253 e. The Morgan fingerprint density at radius 3 is 2.36 bits per heavy atom. The number of carbonyl (C=O) groups is 2. The van der Waals surface area contributed by atoms with Crippen LogP contribution in [0.3, 0.4) is 0 Å². The van der Waals surface area contributed by atoms with Crippen molar-refractivity contribution < 1.29 is 9.59 Å². The van der Waals surface area contributed by atoms with Crippen LogP contribution in [0.25, 0.3) is 0 Å². The van der Waals surface area contributed by atoms with Crippen molar-refractivity contribution in [2.75, 3.05) is 13.1 Å². The third-order valence-electron chi connectivity index (χ3n) is 4.46. The quantitative estimate of drug-likeness (QED) is 0.856. The summed E-state index contributed by atoms with van der Waals surface area (Å²) in [6, 6.07) is 11.2. The molecule has 0 radical (unpaired) electrons. The maximum Gasteiger partial charge on any atom is 0.253 e. The Labute approximate surface area is 155 Å². The number of piperidine rings is 1. The highest BCUT2D eigenvalue weighted by atomic mass is 79.9. The van der Waals surface area contributed by atoms with Crippen molar-refractivity contribution in [1.82, 2.24) is 15.2 Å². The molecule has 1 fully saturated rings. The van der Waals surface area contributed by atoms with E-state index in [1.165, 1.54) is 0 Å². The summed E-state index contributed by atoms with van der Waals surface area (Å²) in [5.74, 6) is 0.0616. The predicted octanol–water partition coefficient (Wildman–Crippen LogP) is 3.01. The first kappa shape index (κ1) is 17.6. The number of nitrogens with zero attached hydrogens (tertiary/aromatic N) is 2. The van der Waals surface area contributed by atoms with Gasteiger partial charge in [-0.05, 0) is 54.8 Å². The lowest BCUT2D eigenvalue weighted by Gasteiger charge is -2.31. The molecule has 1 aliphatic rings. The second-order valence-corrected chi connectivity index (χ2v) is 7.06. The Morgan fingerprint density at radius 2 is 1.72 bits per heavy atom. The molecule has 6 heteroatoms. The summed E-state index contributed by atoms with van der Waals surface area (Å²) >= 11 is 3.37. The third-order valence-corrected chi connectivity index (χ3v) is 4.99. The van der Waals surface area contributed by atoms with Crippen molar-refractivity contribution in [1.29, 1.82) is 0 Å². The van der Waals surface area contributed by atoms with Crippen molar-refractivity contribution in [3.63, 3.8) is 0 Å². The lowest BCUT2D eigenvalue weighted by molar-refractivity contribution is -0.126. The van der Waals surface area contributed by atoms with E-state index in [1.807, 2.05) is 41.3 Å². The molecule has 0 spiro atoms. The maximum atomic E-state index is 12.5. The van der Waals surface area contributed by atoms with Crippen LogP contribution in [0, 0.1) is 5.92 Å². The van der Waals surface area contributed by atoms with Gasteiger partial charge < -0.3 is 10.2 Å². The summed E-state index contributed by atoms with van der Waals surface area (Å²) in [6.07, 6.45) is 4.83. The van der Waals surface area contributed by atoms with Crippen LogP contribution in [0.5, 0.6) is 0 Å². The van der Waals surface area contributed by atoms with Gasteiger partial charge in [0, 0.05) is 48.0 Å². The van der Waals surface area contributed by atoms with Crippen molar-refractivity contribution >= 4 is 27.7 Å². The van der Waals surface area contributed by atoms with Gasteiger partial charge in [0.25, 0.3) is 5.91 Å². The summed E-state index contributed by atoms with van der Waals surface area (Å²) in [5, 5.41) is 2.98. The molecule has 0 unspecified atom stereocenters. The minimum atomic E-state index is -0.0317. The molecule has 2 amide bonds. The molecule has 1 aliphatic heterocycles. The van der Waals surface area contributed by atoms with E-state index in [0.717, 1.165) is 10.0 Å². The molecule has 1 N–H and O–H groups in total. The van der Waals surface area contributed by atoms with Crippen LogP contribution >= 0.6 is 15.9 Å². The number of rotatable bonds is 4. The summed E-state index contributed by atoms with van der Waals surface area (Å²) in [4.78, 5) is 30.6. The molecule has 5 nitrogen and oxygen atoms in total. The lowest BCUT2D eigenvalue weighted by atomic mass is 9.95. The fourth-order valence-electron chi connectivity index (χ4n) is 2.95. The molecule has 2 heterocycles. The zero-order valence-electron chi connectivity index (χ0n) is 13.8. The van der Waals surface area contributed by atoms with E-state index in [1.54, 1.807) is 12.4 Å². The minimum absolute atomic E-state index is 0.0307. The van der Waals surface area contributed by atoms with Gasteiger partial charge >= 0.3 is 0 Å². The van der Waals surface area contributed by atoms with Gasteiger partial charge in [-0.3, -0.25) is 14.6 Å². The van der Waals surface area contributed by atoms with Gasteiger partial charge in [-0.1, -0.05) is 15.9 Å². The average Bonchev–Trinajstić information content (AvgIpc) is 2.67. The fraction of sp³-hybridized carbons (Fsp3) is 0.316. The molecule has 25 heavy (non-hydrogen) atoms. The summed E-state index contributed by atoms with van der Waals surface area (Å²) in [6.45, 7) is 1.74. The summed E-state index contributed by atoms with van der Waals surface area (Å²) in [5.41, 5.74) is 1.72. The standard InChI is InChI=1S/C19H20BrN3O2/c20-17-3-1-16(2-4-17)19(25)23-11-7-15(8-12-23)18(24)22-13-14-5-9-21-10-6-14/h1-6,9-10,15H,7-8,11-13H2,(H,22,24).